The van der Waals surface area contributed by atoms with E-state index in [1.54, 1.807) is 6.07 Å². The Labute approximate surface area is 90.5 Å². The monoisotopic (exact) mass is 229 g/mol. The minimum absolute atomic E-state index is 0.0672. The second kappa shape index (κ2) is 4.32. The summed E-state index contributed by atoms with van der Waals surface area (Å²) in [4.78, 5) is 10.7. The summed E-state index contributed by atoms with van der Waals surface area (Å²) < 4.78 is 0. The van der Waals surface area contributed by atoms with Gasteiger partial charge in [0.1, 0.15) is 6.07 Å². The van der Waals surface area contributed by atoms with Crippen LogP contribution in [0.1, 0.15) is 21.5 Å². The summed E-state index contributed by atoms with van der Waals surface area (Å²) >= 11 is 11.3. The molecule has 0 radical (unpaired) electrons. The number of nitrogens with zero attached hydrogens (tertiary/aromatic N) is 1. The van der Waals surface area contributed by atoms with Gasteiger partial charge in [0.15, 0.2) is 0 Å². The van der Waals surface area contributed by atoms with Crippen molar-refractivity contribution in [2.45, 2.75) is 5.88 Å². The van der Waals surface area contributed by atoms with Gasteiger partial charge in [0.05, 0.1) is 11.1 Å². The van der Waals surface area contributed by atoms with Gasteiger partial charge in [-0.3, -0.25) is 0 Å². The van der Waals surface area contributed by atoms with Gasteiger partial charge >= 0.3 is 5.97 Å². The van der Waals surface area contributed by atoms with Crippen LogP contribution in [0, 0.1) is 11.3 Å². The fourth-order valence-corrected chi connectivity index (χ4v) is 1.51. The van der Waals surface area contributed by atoms with Gasteiger partial charge in [-0.05, 0) is 17.7 Å². The van der Waals surface area contributed by atoms with Crippen molar-refractivity contribution in [2.24, 2.45) is 0 Å². The summed E-state index contributed by atoms with van der Waals surface area (Å²) in [5, 5.41) is 17.7. The predicted octanol–water partition coefficient (Wildman–Crippen LogP) is 2.65. The average molecular weight is 230 g/mol. The molecule has 0 amide bonds. The van der Waals surface area contributed by atoms with E-state index < -0.39 is 5.97 Å². The highest BCUT2D eigenvalue weighted by molar-refractivity contribution is 6.32. The van der Waals surface area contributed by atoms with Crippen molar-refractivity contribution >= 4 is 29.2 Å². The summed E-state index contributed by atoms with van der Waals surface area (Å²) in [7, 11) is 0. The third kappa shape index (κ3) is 1.98. The number of carbonyl (C=O) groups is 1. The molecule has 14 heavy (non-hydrogen) atoms. The molecule has 1 aromatic rings. The Morgan fingerprint density at radius 3 is 2.64 bits per heavy atom. The predicted molar refractivity (Wildman–Crippen MR) is 52.7 cm³/mol. The van der Waals surface area contributed by atoms with Gasteiger partial charge in [-0.25, -0.2) is 4.79 Å². The highest BCUT2D eigenvalue weighted by Gasteiger charge is 2.13. The van der Waals surface area contributed by atoms with E-state index >= 15 is 0 Å². The molecule has 0 unspecified atom stereocenters. The normalized spacial score (nSPS) is 9.50. The number of alkyl halides is 1. The summed E-state index contributed by atoms with van der Waals surface area (Å²) in [6.45, 7) is 0. The number of carboxylic acid groups (broad SMARTS) is 1. The maximum absolute atomic E-state index is 10.7. The first-order chi connectivity index (χ1) is 6.60. The van der Waals surface area contributed by atoms with Crippen LogP contribution in [0.3, 0.4) is 0 Å². The van der Waals surface area contributed by atoms with Gasteiger partial charge in [0, 0.05) is 10.9 Å². The molecule has 0 atom stereocenters. The lowest BCUT2D eigenvalue weighted by molar-refractivity contribution is 0.0696. The van der Waals surface area contributed by atoms with Crippen LogP contribution < -0.4 is 0 Å². The highest BCUT2D eigenvalue weighted by atomic mass is 35.5. The first-order valence-corrected chi connectivity index (χ1v) is 4.53. The second-order valence-electron chi connectivity index (χ2n) is 2.54. The molecule has 3 nitrogen and oxygen atoms in total. The van der Waals surface area contributed by atoms with Gasteiger partial charge in [0.25, 0.3) is 0 Å². The zero-order chi connectivity index (χ0) is 10.7. The van der Waals surface area contributed by atoms with E-state index in [2.05, 4.69) is 0 Å². The number of carboxylic acids is 1. The molecule has 0 spiro atoms. The number of nitriles is 1. The largest absolute Gasteiger partial charge is 0.478 e. The Balaban J connectivity index is 3.41. The van der Waals surface area contributed by atoms with Crippen LogP contribution >= 0.6 is 23.2 Å². The molecular weight excluding hydrogens is 225 g/mol. The Hall–Kier alpha value is -1.24. The number of halogens is 2. The summed E-state index contributed by atoms with van der Waals surface area (Å²) in [5.74, 6) is -1.03. The lowest BCUT2D eigenvalue weighted by atomic mass is 10.1. The third-order valence-electron chi connectivity index (χ3n) is 1.68. The summed E-state index contributed by atoms with van der Waals surface area (Å²) in [6.07, 6.45) is 0. The van der Waals surface area contributed by atoms with E-state index in [0.29, 0.717) is 5.56 Å². The van der Waals surface area contributed by atoms with Crippen LogP contribution in [0.2, 0.25) is 5.02 Å². The molecular formula is C9H5Cl2NO2. The van der Waals surface area contributed by atoms with Crippen molar-refractivity contribution in [1.82, 2.24) is 0 Å². The zero-order valence-corrected chi connectivity index (χ0v) is 8.43. The molecule has 0 heterocycles. The molecule has 0 saturated heterocycles. The molecule has 1 rings (SSSR count). The molecule has 0 bridgehead atoms. The number of rotatable bonds is 2. The van der Waals surface area contributed by atoms with Crippen LogP contribution in [0.25, 0.3) is 0 Å². The van der Waals surface area contributed by atoms with E-state index in [9.17, 15) is 4.79 Å². The van der Waals surface area contributed by atoms with Crippen LogP contribution in [0.15, 0.2) is 12.1 Å². The van der Waals surface area contributed by atoms with Gasteiger partial charge in [-0.2, -0.15) is 5.26 Å². The minimum Gasteiger partial charge on any atom is -0.478 e. The van der Waals surface area contributed by atoms with E-state index in [4.69, 9.17) is 33.6 Å². The van der Waals surface area contributed by atoms with Crippen LogP contribution in [-0.2, 0) is 5.88 Å². The topological polar surface area (TPSA) is 61.1 Å². The molecule has 5 heteroatoms. The fraction of sp³-hybridized carbons (Fsp3) is 0.111. The lowest BCUT2D eigenvalue weighted by Crippen LogP contribution is -2.01. The maximum atomic E-state index is 10.7. The van der Waals surface area contributed by atoms with Crippen molar-refractivity contribution < 1.29 is 9.90 Å². The molecule has 0 aliphatic heterocycles. The highest BCUT2D eigenvalue weighted by Crippen LogP contribution is 2.22. The average Bonchev–Trinajstić information content (AvgIpc) is 2.17. The SMILES string of the molecule is N#Cc1cc(CCl)c(Cl)cc1C(=O)O. The molecule has 1 aromatic carbocycles. The van der Waals surface area contributed by atoms with E-state index in [-0.39, 0.29) is 22.0 Å². The standard InChI is InChI=1S/C9H5Cl2NO2/c10-3-5-1-6(4-12)7(9(13)14)2-8(5)11/h1-2H,3H2,(H,13,14). The molecule has 0 aliphatic carbocycles. The Kier molecular flexibility index (Phi) is 3.34. The van der Waals surface area contributed by atoms with E-state index in [1.807, 2.05) is 0 Å². The van der Waals surface area contributed by atoms with Gasteiger partial charge in [-0.15, -0.1) is 11.6 Å². The summed E-state index contributed by atoms with van der Waals surface area (Å²) in [6, 6.07) is 4.40. The molecule has 0 fully saturated rings. The lowest BCUT2D eigenvalue weighted by Gasteiger charge is -2.03. The van der Waals surface area contributed by atoms with Gasteiger partial charge in [-0.1, -0.05) is 11.6 Å². The van der Waals surface area contributed by atoms with Crippen molar-refractivity contribution in [2.75, 3.05) is 0 Å². The van der Waals surface area contributed by atoms with E-state index in [1.165, 1.54) is 12.1 Å². The number of hydrogen-bond donors (Lipinski definition) is 1. The maximum Gasteiger partial charge on any atom is 0.337 e. The van der Waals surface area contributed by atoms with Crippen molar-refractivity contribution in [3.05, 3.63) is 33.8 Å². The number of hydrogen-bond acceptors (Lipinski definition) is 2. The quantitative estimate of drug-likeness (QED) is 0.794. The molecule has 72 valence electrons. The fourth-order valence-electron chi connectivity index (χ4n) is 0.990. The zero-order valence-electron chi connectivity index (χ0n) is 6.92. The third-order valence-corrected chi connectivity index (χ3v) is 2.32. The molecule has 0 aromatic heterocycles. The first kappa shape index (κ1) is 10.8. The first-order valence-electron chi connectivity index (χ1n) is 3.62. The van der Waals surface area contributed by atoms with Gasteiger partial charge in [0.2, 0.25) is 0 Å². The Morgan fingerprint density at radius 1 is 1.57 bits per heavy atom. The van der Waals surface area contributed by atoms with Crippen LogP contribution in [0.5, 0.6) is 0 Å². The van der Waals surface area contributed by atoms with Crippen molar-refractivity contribution in [3.8, 4) is 6.07 Å². The molecule has 1 N–H and O–H groups in total. The van der Waals surface area contributed by atoms with Gasteiger partial charge < -0.3 is 5.11 Å². The van der Waals surface area contributed by atoms with Crippen LogP contribution in [0.4, 0.5) is 0 Å². The van der Waals surface area contributed by atoms with Crippen molar-refractivity contribution in [1.29, 1.82) is 5.26 Å². The summed E-state index contributed by atoms with van der Waals surface area (Å²) in [5.41, 5.74) is 0.513. The van der Waals surface area contributed by atoms with Crippen LogP contribution in [-0.4, -0.2) is 11.1 Å². The molecule has 0 saturated carbocycles. The molecule has 0 aliphatic rings. The second-order valence-corrected chi connectivity index (χ2v) is 3.21. The Morgan fingerprint density at radius 2 is 2.21 bits per heavy atom. The van der Waals surface area contributed by atoms with E-state index in [0.717, 1.165) is 0 Å². The number of benzene rings is 1. The minimum atomic E-state index is -1.18. The number of aromatic carboxylic acids is 1. The van der Waals surface area contributed by atoms with Crippen molar-refractivity contribution in [3.63, 3.8) is 0 Å². The Bertz CT molecular complexity index is 424. The smallest absolute Gasteiger partial charge is 0.337 e.